The summed E-state index contributed by atoms with van der Waals surface area (Å²) in [5.74, 6) is -0.802. The average molecular weight is 428 g/mol. The number of imidazole rings is 1. The molecule has 4 aromatic rings. The molecule has 0 fully saturated rings. The maximum absolute atomic E-state index is 11.8. The zero-order valence-corrected chi connectivity index (χ0v) is 16.9. The Balaban J connectivity index is 1.71. The summed E-state index contributed by atoms with van der Waals surface area (Å²) in [5, 5.41) is 10.2. The highest BCUT2D eigenvalue weighted by atomic mass is 32.2. The number of fused-ring (bicyclic) bond motifs is 1. The minimum atomic E-state index is -3.34. The number of thiophene rings is 1. The Morgan fingerprint density at radius 2 is 1.93 bits per heavy atom. The van der Waals surface area contributed by atoms with E-state index in [-0.39, 0.29) is 22.1 Å². The number of nitrogens with zero attached hydrogens (tertiary/aromatic N) is 2. The monoisotopic (exact) mass is 428 g/mol. The van der Waals surface area contributed by atoms with Gasteiger partial charge in [0, 0.05) is 12.3 Å². The van der Waals surface area contributed by atoms with Crippen LogP contribution in [-0.4, -0.2) is 35.3 Å². The van der Waals surface area contributed by atoms with Crippen LogP contribution in [0.2, 0.25) is 0 Å². The van der Waals surface area contributed by atoms with E-state index < -0.39 is 15.8 Å². The Bertz CT molecular complexity index is 1310. The number of benzene rings is 2. The van der Waals surface area contributed by atoms with Gasteiger partial charge in [-0.05, 0) is 23.8 Å². The van der Waals surface area contributed by atoms with Gasteiger partial charge < -0.3 is 9.84 Å². The van der Waals surface area contributed by atoms with Crippen molar-refractivity contribution in [3.8, 4) is 10.8 Å². The van der Waals surface area contributed by atoms with Crippen LogP contribution in [0.3, 0.4) is 0 Å². The zero-order valence-electron chi connectivity index (χ0n) is 15.3. The molecule has 29 heavy (non-hydrogen) atoms. The summed E-state index contributed by atoms with van der Waals surface area (Å²) in [5.41, 5.74) is 2.10. The number of ether oxygens (including phenoxy) is 1. The van der Waals surface area contributed by atoms with Gasteiger partial charge in [-0.2, -0.15) is 0 Å². The van der Waals surface area contributed by atoms with E-state index in [1.54, 1.807) is 16.7 Å². The van der Waals surface area contributed by atoms with Crippen molar-refractivity contribution in [3.05, 3.63) is 71.4 Å². The molecule has 4 rings (SSSR count). The number of aromatic carboxylic acids is 1. The average Bonchev–Trinajstić information content (AvgIpc) is 3.30. The number of sulfone groups is 1. The molecular weight excluding hydrogens is 412 g/mol. The SMILES string of the molecule is CS(=O)(=O)c1ccc2c(c1)ncn2-c1cc(OCc2ccccc2)c(C(=O)O)s1. The van der Waals surface area contributed by atoms with Gasteiger partial charge in [-0.25, -0.2) is 18.2 Å². The number of hydrogen-bond acceptors (Lipinski definition) is 6. The summed E-state index contributed by atoms with van der Waals surface area (Å²) in [6.07, 6.45) is 2.68. The van der Waals surface area contributed by atoms with Crippen molar-refractivity contribution in [1.82, 2.24) is 9.55 Å². The van der Waals surface area contributed by atoms with E-state index in [9.17, 15) is 18.3 Å². The molecule has 0 saturated carbocycles. The molecule has 0 atom stereocenters. The number of carbonyl (C=O) groups is 1. The van der Waals surface area contributed by atoms with Crippen molar-refractivity contribution in [2.24, 2.45) is 0 Å². The molecule has 0 saturated heterocycles. The molecule has 148 valence electrons. The summed E-state index contributed by atoms with van der Waals surface area (Å²) in [4.78, 5) is 16.2. The Kier molecular flexibility index (Phi) is 4.85. The first-order chi connectivity index (χ1) is 13.8. The van der Waals surface area contributed by atoms with Crippen LogP contribution in [0, 0.1) is 0 Å². The maximum atomic E-state index is 11.8. The van der Waals surface area contributed by atoms with Crippen molar-refractivity contribution < 1.29 is 23.1 Å². The van der Waals surface area contributed by atoms with Gasteiger partial charge in [-0.3, -0.25) is 4.57 Å². The second kappa shape index (κ2) is 7.34. The van der Waals surface area contributed by atoms with E-state index in [0.29, 0.717) is 16.0 Å². The van der Waals surface area contributed by atoms with Crippen molar-refractivity contribution in [2.75, 3.05) is 6.26 Å². The van der Waals surface area contributed by atoms with E-state index >= 15 is 0 Å². The highest BCUT2D eigenvalue weighted by molar-refractivity contribution is 7.90. The summed E-state index contributed by atoms with van der Waals surface area (Å²) in [7, 11) is -3.34. The lowest BCUT2D eigenvalue weighted by Gasteiger charge is -2.05. The fourth-order valence-corrected chi connectivity index (χ4v) is 4.44. The molecule has 0 aliphatic carbocycles. The van der Waals surface area contributed by atoms with Gasteiger partial charge in [-0.1, -0.05) is 30.3 Å². The van der Waals surface area contributed by atoms with Crippen LogP contribution in [0.1, 0.15) is 15.2 Å². The van der Waals surface area contributed by atoms with Gasteiger partial charge in [0.05, 0.1) is 15.9 Å². The first-order valence-corrected chi connectivity index (χ1v) is 11.2. The van der Waals surface area contributed by atoms with E-state index in [1.165, 1.54) is 18.5 Å². The number of carboxylic acid groups (broad SMARTS) is 1. The predicted octanol–water partition coefficient (Wildman–Crippen LogP) is 3.77. The zero-order chi connectivity index (χ0) is 20.6. The third-order valence-electron chi connectivity index (χ3n) is 4.30. The van der Waals surface area contributed by atoms with Gasteiger partial charge in [0.15, 0.2) is 14.7 Å². The second-order valence-electron chi connectivity index (χ2n) is 6.39. The normalized spacial score (nSPS) is 11.6. The third-order valence-corrected chi connectivity index (χ3v) is 6.51. The Hall–Kier alpha value is -3.17. The highest BCUT2D eigenvalue weighted by Gasteiger charge is 2.19. The van der Waals surface area contributed by atoms with Crippen molar-refractivity contribution in [1.29, 1.82) is 0 Å². The van der Waals surface area contributed by atoms with Gasteiger partial charge >= 0.3 is 5.97 Å². The molecule has 0 amide bonds. The van der Waals surface area contributed by atoms with Crippen LogP contribution >= 0.6 is 11.3 Å². The molecule has 0 aliphatic heterocycles. The second-order valence-corrected chi connectivity index (χ2v) is 9.44. The number of hydrogen-bond donors (Lipinski definition) is 1. The molecule has 1 N–H and O–H groups in total. The molecule has 0 spiro atoms. The van der Waals surface area contributed by atoms with Gasteiger partial charge in [0.1, 0.15) is 23.7 Å². The lowest BCUT2D eigenvalue weighted by Crippen LogP contribution is -1.99. The van der Waals surface area contributed by atoms with E-state index in [4.69, 9.17) is 4.74 Å². The Morgan fingerprint density at radius 3 is 2.62 bits per heavy atom. The fraction of sp³-hybridized carbons (Fsp3) is 0.100. The summed E-state index contributed by atoms with van der Waals surface area (Å²) < 4.78 is 31.0. The number of aromatic nitrogens is 2. The first-order valence-electron chi connectivity index (χ1n) is 8.54. The van der Waals surface area contributed by atoms with Crippen LogP contribution in [0.15, 0.2) is 65.8 Å². The highest BCUT2D eigenvalue weighted by Crippen LogP contribution is 2.34. The summed E-state index contributed by atoms with van der Waals surface area (Å²) in [6, 6.07) is 15.8. The minimum absolute atomic E-state index is 0.0885. The van der Waals surface area contributed by atoms with Crippen LogP contribution in [-0.2, 0) is 16.4 Å². The van der Waals surface area contributed by atoms with Crippen LogP contribution in [0.4, 0.5) is 0 Å². The molecule has 0 unspecified atom stereocenters. The van der Waals surface area contributed by atoms with E-state index in [1.807, 2.05) is 30.3 Å². The van der Waals surface area contributed by atoms with Crippen LogP contribution in [0.25, 0.3) is 16.0 Å². The summed E-state index contributed by atoms with van der Waals surface area (Å²) >= 11 is 1.07. The van der Waals surface area contributed by atoms with Gasteiger partial charge in [0.2, 0.25) is 0 Å². The Morgan fingerprint density at radius 1 is 1.17 bits per heavy atom. The third kappa shape index (κ3) is 3.87. The lowest BCUT2D eigenvalue weighted by molar-refractivity contribution is 0.0697. The standard InChI is InChI=1S/C20H16N2O5S2/c1-29(25,26)14-7-8-16-15(9-14)21-12-22(16)18-10-17(19(28-18)20(23)24)27-11-13-5-3-2-4-6-13/h2-10,12H,11H2,1H3,(H,23,24). The fourth-order valence-electron chi connectivity index (χ4n) is 2.87. The van der Waals surface area contributed by atoms with Gasteiger partial charge in [-0.15, -0.1) is 11.3 Å². The van der Waals surface area contributed by atoms with Gasteiger partial charge in [0.25, 0.3) is 0 Å². The molecule has 0 radical (unpaired) electrons. The molecule has 2 aromatic carbocycles. The molecule has 0 bridgehead atoms. The first kappa shape index (κ1) is 19.2. The smallest absolute Gasteiger partial charge is 0.349 e. The minimum Gasteiger partial charge on any atom is -0.487 e. The molecule has 2 heterocycles. The Labute approximate surface area is 170 Å². The predicted molar refractivity (Wildman–Crippen MR) is 110 cm³/mol. The molecule has 9 heteroatoms. The van der Waals surface area contributed by atoms with Crippen LogP contribution < -0.4 is 4.74 Å². The molecule has 7 nitrogen and oxygen atoms in total. The van der Waals surface area contributed by atoms with Crippen LogP contribution in [0.5, 0.6) is 5.75 Å². The summed E-state index contributed by atoms with van der Waals surface area (Å²) in [6.45, 7) is 0.250. The van der Waals surface area contributed by atoms with Crippen molar-refractivity contribution in [3.63, 3.8) is 0 Å². The quantitative estimate of drug-likeness (QED) is 0.502. The maximum Gasteiger partial charge on any atom is 0.349 e. The molecular formula is C20H16N2O5S2. The largest absolute Gasteiger partial charge is 0.487 e. The number of rotatable bonds is 6. The van der Waals surface area contributed by atoms with E-state index in [2.05, 4.69) is 4.98 Å². The van der Waals surface area contributed by atoms with E-state index in [0.717, 1.165) is 23.2 Å². The van der Waals surface area contributed by atoms with Crippen molar-refractivity contribution in [2.45, 2.75) is 11.5 Å². The van der Waals surface area contributed by atoms with Crippen molar-refractivity contribution >= 4 is 38.2 Å². The lowest BCUT2D eigenvalue weighted by atomic mass is 10.2. The molecule has 0 aliphatic rings. The number of carboxylic acids is 1. The topological polar surface area (TPSA) is 98.5 Å². The molecule has 2 aromatic heterocycles.